The molecule has 1 saturated carbocycles. The molecule has 1 fully saturated rings. The van der Waals surface area contributed by atoms with Crippen molar-refractivity contribution < 1.29 is 4.79 Å². The molecule has 1 amide bonds. The van der Waals surface area contributed by atoms with Crippen molar-refractivity contribution in [3.8, 4) is 0 Å². The van der Waals surface area contributed by atoms with Gasteiger partial charge in [0.05, 0.1) is 0 Å². The normalized spacial score (nSPS) is 21.3. The quantitative estimate of drug-likeness (QED) is 0.674. The van der Waals surface area contributed by atoms with Gasteiger partial charge in [-0.3, -0.25) is 4.79 Å². The number of nitrogens with one attached hydrogen (secondary N) is 1. The van der Waals surface area contributed by atoms with Gasteiger partial charge in [-0.25, -0.2) is 0 Å². The Labute approximate surface area is 86.4 Å². The minimum atomic E-state index is 0.0938. The predicted molar refractivity (Wildman–Crippen MR) is 57.9 cm³/mol. The van der Waals surface area contributed by atoms with E-state index in [4.69, 9.17) is 5.73 Å². The first-order valence-corrected chi connectivity index (χ1v) is 5.63. The van der Waals surface area contributed by atoms with Crippen LogP contribution in [0, 0.1) is 5.41 Å². The summed E-state index contributed by atoms with van der Waals surface area (Å²) >= 11 is 0. The number of rotatable bonds is 3. The van der Waals surface area contributed by atoms with Gasteiger partial charge in [-0.2, -0.15) is 0 Å². The average molecular weight is 198 g/mol. The van der Waals surface area contributed by atoms with E-state index in [-0.39, 0.29) is 11.3 Å². The second-order valence-electron chi connectivity index (χ2n) is 4.47. The summed E-state index contributed by atoms with van der Waals surface area (Å²) in [6.07, 6.45) is 7.92. The third kappa shape index (κ3) is 2.98. The van der Waals surface area contributed by atoms with Crippen molar-refractivity contribution in [1.82, 2.24) is 5.32 Å². The van der Waals surface area contributed by atoms with Gasteiger partial charge in [0, 0.05) is 13.5 Å². The molecule has 0 aromatic rings. The fourth-order valence-corrected chi connectivity index (χ4v) is 2.36. The molecule has 0 radical (unpaired) electrons. The van der Waals surface area contributed by atoms with Gasteiger partial charge in [-0.15, -0.1) is 0 Å². The molecule has 0 unspecified atom stereocenters. The predicted octanol–water partition coefficient (Wildman–Crippen LogP) is 1.42. The molecule has 0 bridgehead atoms. The molecule has 14 heavy (non-hydrogen) atoms. The van der Waals surface area contributed by atoms with Crippen LogP contribution in [0.1, 0.15) is 44.9 Å². The van der Waals surface area contributed by atoms with Crippen molar-refractivity contribution in [2.75, 3.05) is 13.6 Å². The number of hydrogen-bond donors (Lipinski definition) is 2. The first-order valence-electron chi connectivity index (χ1n) is 5.63. The number of nitrogens with two attached hydrogens (primary N) is 1. The van der Waals surface area contributed by atoms with Crippen molar-refractivity contribution in [3.63, 3.8) is 0 Å². The van der Waals surface area contributed by atoms with Crippen molar-refractivity contribution in [2.24, 2.45) is 11.1 Å². The Morgan fingerprint density at radius 2 is 1.86 bits per heavy atom. The molecular formula is C11H22N2O. The third-order valence-electron chi connectivity index (χ3n) is 3.41. The van der Waals surface area contributed by atoms with Crippen molar-refractivity contribution >= 4 is 5.91 Å². The maximum Gasteiger partial charge on any atom is 0.220 e. The zero-order valence-corrected chi connectivity index (χ0v) is 9.14. The van der Waals surface area contributed by atoms with E-state index in [2.05, 4.69) is 5.32 Å². The molecule has 3 heteroatoms. The number of amides is 1. The average Bonchev–Trinajstić information content (AvgIpc) is 2.44. The zero-order valence-electron chi connectivity index (χ0n) is 9.14. The van der Waals surface area contributed by atoms with Crippen LogP contribution in [0.2, 0.25) is 0 Å². The maximum absolute atomic E-state index is 11.4. The highest BCUT2D eigenvalue weighted by atomic mass is 16.1. The lowest BCUT2D eigenvalue weighted by atomic mass is 9.77. The van der Waals surface area contributed by atoms with Gasteiger partial charge in [-0.1, -0.05) is 25.7 Å². The number of carbonyl (C=O) groups excluding carboxylic acids is 1. The van der Waals surface area contributed by atoms with E-state index < -0.39 is 0 Å². The first-order chi connectivity index (χ1) is 6.72. The molecule has 3 nitrogen and oxygen atoms in total. The van der Waals surface area contributed by atoms with Gasteiger partial charge in [0.25, 0.3) is 0 Å². The van der Waals surface area contributed by atoms with Crippen LogP contribution in [-0.4, -0.2) is 19.5 Å². The van der Waals surface area contributed by atoms with Crippen molar-refractivity contribution in [2.45, 2.75) is 44.9 Å². The fraction of sp³-hybridized carbons (Fsp3) is 0.909. The van der Waals surface area contributed by atoms with Gasteiger partial charge < -0.3 is 11.1 Å². The van der Waals surface area contributed by atoms with Crippen LogP contribution >= 0.6 is 0 Å². The minimum absolute atomic E-state index is 0.0938. The van der Waals surface area contributed by atoms with E-state index in [9.17, 15) is 4.79 Å². The highest BCUT2D eigenvalue weighted by Gasteiger charge is 2.31. The van der Waals surface area contributed by atoms with Crippen LogP contribution in [0.15, 0.2) is 0 Å². The summed E-state index contributed by atoms with van der Waals surface area (Å²) in [5, 5.41) is 2.70. The Hall–Kier alpha value is -0.570. The highest BCUT2D eigenvalue weighted by Crippen LogP contribution is 2.36. The summed E-state index contributed by atoms with van der Waals surface area (Å²) in [5.74, 6) is 0.136. The Kier molecular flexibility index (Phi) is 4.39. The third-order valence-corrected chi connectivity index (χ3v) is 3.41. The SMILES string of the molecule is CNC(=O)CC1(CN)CCCCCC1. The van der Waals surface area contributed by atoms with Gasteiger partial charge in [0.2, 0.25) is 5.91 Å². The molecule has 0 atom stereocenters. The van der Waals surface area contributed by atoms with Crippen LogP contribution in [0.3, 0.4) is 0 Å². The number of carbonyl (C=O) groups is 1. The minimum Gasteiger partial charge on any atom is -0.359 e. The Morgan fingerprint density at radius 1 is 1.29 bits per heavy atom. The van der Waals surface area contributed by atoms with Crippen LogP contribution in [0.5, 0.6) is 0 Å². The van der Waals surface area contributed by atoms with Crippen LogP contribution in [0.25, 0.3) is 0 Å². The molecule has 1 aliphatic rings. The van der Waals surface area contributed by atoms with Crippen LogP contribution in [0.4, 0.5) is 0 Å². The van der Waals surface area contributed by atoms with Crippen LogP contribution in [-0.2, 0) is 4.79 Å². The molecule has 0 spiro atoms. The molecular weight excluding hydrogens is 176 g/mol. The second kappa shape index (κ2) is 5.35. The topological polar surface area (TPSA) is 55.1 Å². The van der Waals surface area contributed by atoms with Gasteiger partial charge >= 0.3 is 0 Å². The monoisotopic (exact) mass is 198 g/mol. The molecule has 3 N–H and O–H groups in total. The summed E-state index contributed by atoms with van der Waals surface area (Å²) in [7, 11) is 1.70. The molecule has 0 aliphatic heterocycles. The molecule has 82 valence electrons. The highest BCUT2D eigenvalue weighted by molar-refractivity contribution is 5.76. The maximum atomic E-state index is 11.4. The molecule has 0 heterocycles. The lowest BCUT2D eigenvalue weighted by Gasteiger charge is -2.30. The van der Waals surface area contributed by atoms with E-state index in [0.717, 1.165) is 12.8 Å². The lowest BCUT2D eigenvalue weighted by molar-refractivity contribution is -0.123. The molecule has 1 aliphatic carbocycles. The van der Waals surface area contributed by atoms with E-state index in [1.54, 1.807) is 7.05 Å². The molecule has 0 saturated heterocycles. The summed E-state index contributed by atoms with van der Waals surface area (Å²) in [5.41, 5.74) is 5.92. The Morgan fingerprint density at radius 3 is 2.29 bits per heavy atom. The van der Waals surface area contributed by atoms with E-state index in [0.29, 0.717) is 13.0 Å². The Balaban J connectivity index is 2.57. The van der Waals surface area contributed by atoms with E-state index >= 15 is 0 Å². The molecule has 0 aromatic carbocycles. The summed E-state index contributed by atoms with van der Waals surface area (Å²) in [4.78, 5) is 11.4. The first kappa shape index (κ1) is 11.5. The summed E-state index contributed by atoms with van der Waals surface area (Å²) in [6.45, 7) is 0.653. The summed E-state index contributed by atoms with van der Waals surface area (Å²) in [6, 6.07) is 0. The van der Waals surface area contributed by atoms with E-state index in [1.165, 1.54) is 25.7 Å². The standard InChI is InChI=1S/C11H22N2O/c1-13-10(14)8-11(9-12)6-4-2-3-5-7-11/h2-9,12H2,1H3,(H,13,14). The van der Waals surface area contributed by atoms with Crippen LogP contribution < -0.4 is 11.1 Å². The lowest BCUT2D eigenvalue weighted by Crippen LogP contribution is -2.35. The molecule has 0 aromatic heterocycles. The Bertz CT molecular complexity index is 184. The molecule has 1 rings (SSSR count). The zero-order chi connectivity index (χ0) is 10.4. The smallest absolute Gasteiger partial charge is 0.220 e. The van der Waals surface area contributed by atoms with Crippen molar-refractivity contribution in [3.05, 3.63) is 0 Å². The summed E-state index contributed by atoms with van der Waals surface area (Å²) < 4.78 is 0. The second-order valence-corrected chi connectivity index (χ2v) is 4.47. The van der Waals surface area contributed by atoms with Gasteiger partial charge in [0.15, 0.2) is 0 Å². The largest absolute Gasteiger partial charge is 0.359 e. The van der Waals surface area contributed by atoms with Gasteiger partial charge in [-0.05, 0) is 24.8 Å². The van der Waals surface area contributed by atoms with Gasteiger partial charge in [0.1, 0.15) is 0 Å². The van der Waals surface area contributed by atoms with Crippen molar-refractivity contribution in [1.29, 1.82) is 0 Å². The number of hydrogen-bond acceptors (Lipinski definition) is 2. The van der Waals surface area contributed by atoms with E-state index in [1.807, 2.05) is 0 Å². The fourth-order valence-electron chi connectivity index (χ4n) is 2.36.